The van der Waals surface area contributed by atoms with E-state index in [4.69, 9.17) is 0 Å². The number of aliphatic hydroxyl groups excluding tert-OH is 1. The summed E-state index contributed by atoms with van der Waals surface area (Å²) in [6, 6.07) is 5.49. The molecule has 0 saturated carbocycles. The van der Waals surface area contributed by atoms with E-state index in [2.05, 4.69) is 20.2 Å². The van der Waals surface area contributed by atoms with Crippen molar-refractivity contribution in [1.82, 2.24) is 9.97 Å². The topological polar surface area (TPSA) is 78.4 Å². The number of aliphatic hydroxyl groups is 1. The summed E-state index contributed by atoms with van der Waals surface area (Å²) in [6.07, 6.45) is 6.88. The van der Waals surface area contributed by atoms with Crippen LogP contribution >= 0.6 is 0 Å². The maximum Gasteiger partial charge on any atom is 0.257 e. The Hall–Kier alpha value is -2.47. The molecule has 2 aromatic heterocycles. The van der Waals surface area contributed by atoms with Crippen molar-refractivity contribution in [1.29, 1.82) is 0 Å². The molecular weight excluding hydrogens is 304 g/mol. The van der Waals surface area contributed by atoms with Crippen LogP contribution < -0.4 is 10.2 Å². The number of nitrogens with zero attached hydrogens (tertiary/aromatic N) is 3. The molecule has 0 aliphatic carbocycles. The molecule has 3 heterocycles. The first kappa shape index (κ1) is 16.4. The van der Waals surface area contributed by atoms with Gasteiger partial charge in [0.05, 0.1) is 11.3 Å². The SMILES string of the molecule is Cc1cncc(C(=O)Nc2cccnc2N2CCC(CO)CC2)c1. The van der Waals surface area contributed by atoms with Crippen molar-refractivity contribution in [3.63, 3.8) is 0 Å². The molecule has 6 nitrogen and oxygen atoms in total. The Labute approximate surface area is 141 Å². The molecular formula is C18H22N4O2. The van der Waals surface area contributed by atoms with Crippen LogP contribution in [-0.4, -0.2) is 40.7 Å². The fourth-order valence-electron chi connectivity index (χ4n) is 2.95. The van der Waals surface area contributed by atoms with Gasteiger partial charge in [-0.05, 0) is 49.4 Å². The highest BCUT2D eigenvalue weighted by atomic mass is 16.3. The van der Waals surface area contributed by atoms with Crippen molar-refractivity contribution in [2.45, 2.75) is 19.8 Å². The van der Waals surface area contributed by atoms with Gasteiger partial charge < -0.3 is 15.3 Å². The zero-order valence-corrected chi connectivity index (χ0v) is 13.8. The van der Waals surface area contributed by atoms with Crippen LogP contribution in [0.1, 0.15) is 28.8 Å². The van der Waals surface area contributed by atoms with Crippen molar-refractivity contribution in [3.8, 4) is 0 Å². The molecule has 3 rings (SSSR count). The number of anilines is 2. The highest BCUT2D eigenvalue weighted by Gasteiger charge is 2.22. The van der Waals surface area contributed by atoms with Gasteiger partial charge in [0.2, 0.25) is 0 Å². The van der Waals surface area contributed by atoms with Gasteiger partial charge in [-0.1, -0.05) is 0 Å². The molecule has 24 heavy (non-hydrogen) atoms. The average Bonchev–Trinajstić information content (AvgIpc) is 2.62. The summed E-state index contributed by atoms with van der Waals surface area (Å²) in [7, 11) is 0. The minimum absolute atomic E-state index is 0.189. The fraction of sp³-hybridized carbons (Fsp3) is 0.389. The van der Waals surface area contributed by atoms with E-state index in [1.54, 1.807) is 18.6 Å². The lowest BCUT2D eigenvalue weighted by atomic mass is 9.98. The number of carbonyl (C=O) groups excluding carboxylic acids is 1. The number of rotatable bonds is 4. The summed E-state index contributed by atoms with van der Waals surface area (Å²) in [6.45, 7) is 3.80. The molecule has 2 aromatic rings. The molecule has 0 spiro atoms. The first-order valence-corrected chi connectivity index (χ1v) is 8.21. The number of nitrogens with one attached hydrogen (secondary N) is 1. The monoisotopic (exact) mass is 326 g/mol. The molecule has 1 amide bonds. The van der Waals surface area contributed by atoms with Crippen LogP contribution in [0.4, 0.5) is 11.5 Å². The lowest BCUT2D eigenvalue weighted by Gasteiger charge is -2.33. The number of hydrogen-bond donors (Lipinski definition) is 2. The molecule has 2 N–H and O–H groups in total. The van der Waals surface area contributed by atoms with E-state index in [1.807, 2.05) is 25.1 Å². The Morgan fingerprint density at radius 2 is 2.17 bits per heavy atom. The fourth-order valence-corrected chi connectivity index (χ4v) is 2.95. The third kappa shape index (κ3) is 3.71. The van der Waals surface area contributed by atoms with Crippen LogP contribution in [0.5, 0.6) is 0 Å². The minimum Gasteiger partial charge on any atom is -0.396 e. The van der Waals surface area contributed by atoms with Gasteiger partial charge in [0.25, 0.3) is 5.91 Å². The van der Waals surface area contributed by atoms with Crippen molar-refractivity contribution in [2.75, 3.05) is 29.9 Å². The summed E-state index contributed by atoms with van der Waals surface area (Å²) >= 11 is 0. The van der Waals surface area contributed by atoms with E-state index < -0.39 is 0 Å². The van der Waals surface area contributed by atoms with Gasteiger partial charge in [-0.3, -0.25) is 9.78 Å². The molecule has 0 radical (unpaired) electrons. The zero-order valence-electron chi connectivity index (χ0n) is 13.8. The van der Waals surface area contributed by atoms with Crippen molar-refractivity contribution >= 4 is 17.4 Å². The predicted octanol–water partition coefficient (Wildman–Crippen LogP) is 2.25. The van der Waals surface area contributed by atoms with Crippen LogP contribution in [-0.2, 0) is 0 Å². The Morgan fingerprint density at radius 1 is 1.38 bits per heavy atom. The first-order valence-electron chi connectivity index (χ1n) is 8.21. The second-order valence-corrected chi connectivity index (χ2v) is 6.19. The quantitative estimate of drug-likeness (QED) is 0.901. The van der Waals surface area contributed by atoms with Crippen LogP contribution in [0.3, 0.4) is 0 Å². The van der Waals surface area contributed by atoms with Crippen LogP contribution in [0.25, 0.3) is 0 Å². The number of carbonyl (C=O) groups is 1. The van der Waals surface area contributed by atoms with Gasteiger partial charge in [0.1, 0.15) is 0 Å². The Bertz CT molecular complexity index is 712. The molecule has 1 fully saturated rings. The van der Waals surface area contributed by atoms with Crippen molar-refractivity contribution in [2.24, 2.45) is 5.92 Å². The molecule has 6 heteroatoms. The van der Waals surface area contributed by atoms with E-state index in [1.165, 1.54) is 0 Å². The van der Waals surface area contributed by atoms with Crippen LogP contribution in [0.15, 0.2) is 36.8 Å². The number of pyridine rings is 2. The molecule has 126 valence electrons. The van der Waals surface area contributed by atoms with E-state index in [0.29, 0.717) is 17.2 Å². The van der Waals surface area contributed by atoms with Gasteiger partial charge >= 0.3 is 0 Å². The summed E-state index contributed by atoms with van der Waals surface area (Å²) in [4.78, 5) is 23.1. The Morgan fingerprint density at radius 3 is 2.88 bits per heavy atom. The highest BCUT2D eigenvalue weighted by Crippen LogP contribution is 2.27. The minimum atomic E-state index is -0.189. The first-order chi connectivity index (χ1) is 11.7. The van der Waals surface area contributed by atoms with Crippen LogP contribution in [0.2, 0.25) is 0 Å². The van der Waals surface area contributed by atoms with E-state index in [9.17, 15) is 9.90 Å². The maximum atomic E-state index is 12.5. The van der Waals surface area contributed by atoms with Crippen molar-refractivity contribution < 1.29 is 9.90 Å². The number of amides is 1. The smallest absolute Gasteiger partial charge is 0.257 e. The highest BCUT2D eigenvalue weighted by molar-refractivity contribution is 6.05. The second-order valence-electron chi connectivity index (χ2n) is 6.19. The Kier molecular flexibility index (Phi) is 5.05. The number of aryl methyl sites for hydroxylation is 1. The normalized spacial score (nSPS) is 15.3. The summed E-state index contributed by atoms with van der Waals surface area (Å²) in [5, 5.41) is 12.2. The third-order valence-electron chi connectivity index (χ3n) is 4.34. The van der Waals surface area contributed by atoms with E-state index in [-0.39, 0.29) is 12.5 Å². The predicted molar refractivity (Wildman–Crippen MR) is 93.2 cm³/mol. The van der Waals surface area contributed by atoms with Gasteiger partial charge in [-0.25, -0.2) is 4.98 Å². The lowest BCUT2D eigenvalue weighted by molar-refractivity contribution is 0.102. The zero-order chi connectivity index (χ0) is 16.9. The second kappa shape index (κ2) is 7.40. The van der Waals surface area contributed by atoms with Gasteiger partial charge in [0, 0.05) is 38.3 Å². The lowest BCUT2D eigenvalue weighted by Crippen LogP contribution is -2.35. The third-order valence-corrected chi connectivity index (χ3v) is 4.34. The van der Waals surface area contributed by atoms with Crippen molar-refractivity contribution in [3.05, 3.63) is 47.9 Å². The summed E-state index contributed by atoms with van der Waals surface area (Å²) in [5.74, 6) is 0.954. The van der Waals surface area contributed by atoms with Crippen LogP contribution in [0, 0.1) is 12.8 Å². The molecule has 0 bridgehead atoms. The molecule has 0 unspecified atom stereocenters. The Balaban J connectivity index is 1.76. The largest absolute Gasteiger partial charge is 0.396 e. The van der Waals surface area contributed by atoms with Gasteiger partial charge in [-0.15, -0.1) is 0 Å². The maximum absolute atomic E-state index is 12.5. The summed E-state index contributed by atoms with van der Waals surface area (Å²) < 4.78 is 0. The molecule has 0 atom stereocenters. The standard InChI is InChI=1S/C18H22N4O2/c1-13-9-15(11-19-10-13)18(24)21-16-3-2-6-20-17(16)22-7-4-14(12-23)5-8-22/h2-3,6,9-11,14,23H,4-5,7-8,12H2,1H3,(H,21,24). The van der Waals surface area contributed by atoms with Gasteiger partial charge in [-0.2, -0.15) is 0 Å². The molecule has 1 saturated heterocycles. The molecule has 0 aromatic carbocycles. The summed E-state index contributed by atoms with van der Waals surface area (Å²) in [5.41, 5.74) is 2.18. The molecule has 1 aliphatic heterocycles. The average molecular weight is 326 g/mol. The number of piperidine rings is 1. The number of hydrogen-bond acceptors (Lipinski definition) is 5. The number of aromatic nitrogens is 2. The van der Waals surface area contributed by atoms with E-state index >= 15 is 0 Å². The van der Waals surface area contributed by atoms with E-state index in [0.717, 1.165) is 37.3 Å². The van der Waals surface area contributed by atoms with Gasteiger partial charge in [0.15, 0.2) is 5.82 Å². The molecule has 1 aliphatic rings.